The van der Waals surface area contributed by atoms with Crippen molar-refractivity contribution in [1.29, 1.82) is 0 Å². The van der Waals surface area contributed by atoms with E-state index in [-0.39, 0.29) is 18.1 Å². The first-order valence-corrected chi connectivity index (χ1v) is 10.9. The smallest absolute Gasteiger partial charge is 0.257 e. The van der Waals surface area contributed by atoms with E-state index in [4.69, 9.17) is 9.47 Å². The number of aromatic nitrogens is 1. The number of nitrogens with one attached hydrogen (secondary N) is 1. The van der Waals surface area contributed by atoms with Gasteiger partial charge < -0.3 is 14.8 Å². The Morgan fingerprint density at radius 3 is 2.10 bits per heavy atom. The molecule has 3 aromatic rings. The molecule has 1 amide bonds. The predicted molar refractivity (Wildman–Crippen MR) is 127 cm³/mol. The van der Waals surface area contributed by atoms with E-state index >= 15 is 0 Å². The highest BCUT2D eigenvalue weighted by molar-refractivity contribution is 14.1. The van der Waals surface area contributed by atoms with Gasteiger partial charge in [0.1, 0.15) is 11.5 Å². The summed E-state index contributed by atoms with van der Waals surface area (Å²) >= 11 is 2.25. The van der Waals surface area contributed by atoms with Crippen molar-refractivity contribution in [3.63, 3.8) is 0 Å². The molecule has 0 radical (unpaired) electrons. The molecule has 0 bridgehead atoms. The standard InChI is InChI=1S/C24H25IN2O3/c1-15(2)29-17(4)23-14-13-22(16(3)26-23)24(28)27-19-7-11-21(12-8-19)30-20-9-5-18(25)6-10-20/h5-15,17H,1-4H3,(H,27,28). The summed E-state index contributed by atoms with van der Waals surface area (Å²) in [7, 11) is 0. The Kier molecular flexibility index (Phi) is 7.44. The number of pyridine rings is 1. The highest BCUT2D eigenvalue weighted by atomic mass is 127. The topological polar surface area (TPSA) is 60.5 Å². The summed E-state index contributed by atoms with van der Waals surface area (Å²) in [4.78, 5) is 17.2. The van der Waals surface area contributed by atoms with Gasteiger partial charge in [-0.15, -0.1) is 0 Å². The quantitative estimate of drug-likeness (QED) is 0.363. The van der Waals surface area contributed by atoms with Crippen LogP contribution in [0, 0.1) is 10.5 Å². The lowest BCUT2D eigenvalue weighted by atomic mass is 10.1. The van der Waals surface area contributed by atoms with Gasteiger partial charge in [-0.3, -0.25) is 9.78 Å². The third-order valence-electron chi connectivity index (χ3n) is 4.41. The Balaban J connectivity index is 1.64. The second kappa shape index (κ2) is 10.0. The van der Waals surface area contributed by atoms with Gasteiger partial charge >= 0.3 is 0 Å². The summed E-state index contributed by atoms with van der Waals surface area (Å²) in [6.45, 7) is 7.77. The number of carbonyl (C=O) groups is 1. The maximum absolute atomic E-state index is 12.7. The van der Waals surface area contributed by atoms with E-state index in [1.807, 2.05) is 82.3 Å². The Bertz CT molecular complexity index is 1000. The van der Waals surface area contributed by atoms with E-state index < -0.39 is 0 Å². The van der Waals surface area contributed by atoms with Crippen molar-refractivity contribution in [2.75, 3.05) is 5.32 Å². The van der Waals surface area contributed by atoms with E-state index in [0.717, 1.165) is 15.0 Å². The number of ether oxygens (including phenoxy) is 2. The molecule has 0 spiro atoms. The summed E-state index contributed by atoms with van der Waals surface area (Å²) in [5.74, 6) is 1.27. The van der Waals surface area contributed by atoms with Crippen molar-refractivity contribution in [2.24, 2.45) is 0 Å². The minimum absolute atomic E-state index is 0.114. The number of aryl methyl sites for hydroxylation is 1. The lowest BCUT2D eigenvalue weighted by molar-refractivity contribution is 0.0154. The van der Waals surface area contributed by atoms with Crippen molar-refractivity contribution >= 4 is 34.2 Å². The van der Waals surface area contributed by atoms with Gasteiger partial charge in [-0.25, -0.2) is 0 Å². The van der Waals surface area contributed by atoms with Gasteiger partial charge in [-0.2, -0.15) is 0 Å². The number of anilines is 1. The highest BCUT2D eigenvalue weighted by Crippen LogP contribution is 2.24. The van der Waals surface area contributed by atoms with Crippen LogP contribution in [0.3, 0.4) is 0 Å². The monoisotopic (exact) mass is 516 g/mol. The molecule has 0 saturated carbocycles. The molecular formula is C24H25IN2O3. The molecule has 5 nitrogen and oxygen atoms in total. The van der Waals surface area contributed by atoms with Crippen LogP contribution in [0.4, 0.5) is 5.69 Å². The molecule has 0 aliphatic heterocycles. The molecule has 1 atom stereocenters. The van der Waals surface area contributed by atoms with Crippen molar-refractivity contribution in [3.05, 3.63) is 81.2 Å². The summed E-state index contributed by atoms with van der Waals surface area (Å²) in [6.07, 6.45) is -0.0101. The minimum atomic E-state index is -0.199. The number of hydrogen-bond donors (Lipinski definition) is 1. The molecular weight excluding hydrogens is 491 g/mol. The zero-order chi connectivity index (χ0) is 21.7. The van der Waals surface area contributed by atoms with Gasteiger partial charge in [0.05, 0.1) is 29.2 Å². The molecule has 3 rings (SSSR count). The number of amides is 1. The Morgan fingerprint density at radius 1 is 0.933 bits per heavy atom. The summed E-state index contributed by atoms with van der Waals surface area (Å²) in [6, 6.07) is 18.7. The molecule has 30 heavy (non-hydrogen) atoms. The SMILES string of the molecule is Cc1nc(C(C)OC(C)C)ccc1C(=O)Nc1ccc(Oc2ccc(I)cc2)cc1. The number of nitrogens with zero attached hydrogens (tertiary/aromatic N) is 1. The fourth-order valence-corrected chi connectivity index (χ4v) is 3.33. The maximum Gasteiger partial charge on any atom is 0.257 e. The Labute approximate surface area is 191 Å². The average molecular weight is 516 g/mol. The lowest BCUT2D eigenvalue weighted by Crippen LogP contribution is -2.16. The van der Waals surface area contributed by atoms with Crippen molar-refractivity contribution < 1.29 is 14.3 Å². The van der Waals surface area contributed by atoms with Gasteiger partial charge in [0.2, 0.25) is 0 Å². The van der Waals surface area contributed by atoms with Crippen molar-refractivity contribution in [3.8, 4) is 11.5 Å². The van der Waals surface area contributed by atoms with Crippen molar-refractivity contribution in [2.45, 2.75) is 39.9 Å². The number of hydrogen-bond acceptors (Lipinski definition) is 4. The summed E-state index contributed by atoms with van der Waals surface area (Å²) < 4.78 is 12.7. The second-order valence-corrected chi connectivity index (χ2v) is 8.48. The molecule has 1 heterocycles. The molecule has 156 valence electrons. The third-order valence-corrected chi connectivity index (χ3v) is 5.13. The van der Waals surface area contributed by atoms with Gasteiger partial charge in [-0.05, 0) is 111 Å². The first kappa shape index (κ1) is 22.2. The van der Waals surface area contributed by atoms with E-state index in [0.29, 0.717) is 22.7 Å². The molecule has 1 aromatic heterocycles. The molecule has 0 saturated heterocycles. The number of rotatable bonds is 7. The zero-order valence-electron chi connectivity index (χ0n) is 17.5. The van der Waals surface area contributed by atoms with E-state index in [1.54, 1.807) is 6.07 Å². The van der Waals surface area contributed by atoms with Crippen LogP contribution < -0.4 is 10.1 Å². The van der Waals surface area contributed by atoms with Crippen LogP contribution in [0.5, 0.6) is 11.5 Å². The van der Waals surface area contributed by atoms with Crippen LogP contribution in [-0.2, 0) is 4.74 Å². The fraction of sp³-hybridized carbons (Fsp3) is 0.250. The first-order chi connectivity index (χ1) is 14.3. The lowest BCUT2D eigenvalue weighted by Gasteiger charge is -2.17. The highest BCUT2D eigenvalue weighted by Gasteiger charge is 2.15. The predicted octanol–water partition coefficient (Wildman–Crippen LogP) is 6.53. The summed E-state index contributed by atoms with van der Waals surface area (Å²) in [5.41, 5.74) is 2.71. The van der Waals surface area contributed by atoms with Gasteiger partial charge in [0.15, 0.2) is 0 Å². The van der Waals surface area contributed by atoms with Crippen molar-refractivity contribution in [1.82, 2.24) is 4.98 Å². The van der Waals surface area contributed by atoms with Crippen LogP contribution >= 0.6 is 22.6 Å². The Hall–Kier alpha value is -2.45. The Morgan fingerprint density at radius 2 is 1.53 bits per heavy atom. The van der Waals surface area contributed by atoms with Gasteiger partial charge in [-0.1, -0.05) is 0 Å². The molecule has 0 fully saturated rings. The second-order valence-electron chi connectivity index (χ2n) is 7.23. The normalized spacial score (nSPS) is 11.9. The fourth-order valence-electron chi connectivity index (χ4n) is 2.97. The van der Waals surface area contributed by atoms with E-state index in [9.17, 15) is 4.79 Å². The van der Waals surface area contributed by atoms with Gasteiger partial charge in [0.25, 0.3) is 5.91 Å². The maximum atomic E-state index is 12.7. The van der Waals surface area contributed by atoms with E-state index in [1.165, 1.54) is 0 Å². The molecule has 6 heteroatoms. The van der Waals surface area contributed by atoms with Crippen LogP contribution in [0.2, 0.25) is 0 Å². The number of halogens is 1. The third kappa shape index (κ3) is 6.03. The molecule has 0 aliphatic carbocycles. The minimum Gasteiger partial charge on any atom is -0.457 e. The molecule has 1 N–H and O–H groups in total. The van der Waals surface area contributed by atoms with Crippen LogP contribution in [-0.4, -0.2) is 17.0 Å². The molecule has 1 unspecified atom stereocenters. The largest absolute Gasteiger partial charge is 0.457 e. The van der Waals surface area contributed by atoms with Gasteiger partial charge in [0, 0.05) is 9.26 Å². The van der Waals surface area contributed by atoms with Crippen LogP contribution in [0.1, 0.15) is 48.6 Å². The molecule has 2 aromatic carbocycles. The number of benzene rings is 2. The van der Waals surface area contributed by atoms with Crippen LogP contribution in [0.15, 0.2) is 60.7 Å². The molecule has 0 aliphatic rings. The summed E-state index contributed by atoms with van der Waals surface area (Å²) in [5, 5.41) is 2.91. The zero-order valence-corrected chi connectivity index (χ0v) is 19.6. The first-order valence-electron chi connectivity index (χ1n) is 9.79. The van der Waals surface area contributed by atoms with E-state index in [2.05, 4.69) is 32.9 Å². The average Bonchev–Trinajstić information content (AvgIpc) is 2.70. The number of carbonyl (C=O) groups excluding carboxylic acids is 1. The van der Waals surface area contributed by atoms with Crippen LogP contribution in [0.25, 0.3) is 0 Å².